The summed E-state index contributed by atoms with van der Waals surface area (Å²) >= 11 is 0. The largest absolute Gasteiger partial charge is 0.459 e. The van der Waals surface area contributed by atoms with Crippen LogP contribution in [0.1, 0.15) is 23.5 Å². The van der Waals surface area contributed by atoms with E-state index in [1.54, 1.807) is 30.3 Å². The minimum atomic E-state index is -1.92. The molecule has 1 aromatic heterocycles. The second kappa shape index (κ2) is 8.17. The predicted octanol–water partition coefficient (Wildman–Crippen LogP) is 0.561. The highest BCUT2D eigenvalue weighted by Crippen LogP contribution is 2.33. The van der Waals surface area contributed by atoms with Crippen LogP contribution < -0.4 is 11.2 Å². The lowest BCUT2D eigenvalue weighted by Crippen LogP contribution is -2.38. The zero-order valence-electron chi connectivity index (χ0n) is 14.7. The number of hydrogen-bond acceptors (Lipinski definition) is 7. The Bertz CT molecular complexity index is 972. The first-order chi connectivity index (χ1) is 13.4. The molecule has 2 aromatic rings. The van der Waals surface area contributed by atoms with Crippen molar-refractivity contribution in [2.45, 2.75) is 31.5 Å². The van der Waals surface area contributed by atoms with E-state index >= 15 is 0 Å². The maximum atomic E-state index is 14.9. The van der Waals surface area contributed by atoms with Crippen LogP contribution >= 0.6 is 0 Å². The molecule has 1 fully saturated rings. The number of rotatable bonds is 5. The van der Waals surface area contributed by atoms with Gasteiger partial charge in [-0.1, -0.05) is 18.2 Å². The lowest BCUT2D eigenvalue weighted by Gasteiger charge is -2.18. The van der Waals surface area contributed by atoms with Crippen LogP contribution in [0.5, 0.6) is 0 Å². The number of nitrogens with one attached hydrogen (secondary N) is 1. The number of ether oxygens (including phenoxy) is 3. The van der Waals surface area contributed by atoms with E-state index in [-0.39, 0.29) is 5.56 Å². The van der Waals surface area contributed by atoms with Crippen LogP contribution in [-0.4, -0.2) is 46.5 Å². The van der Waals surface area contributed by atoms with Gasteiger partial charge in [-0.3, -0.25) is 19.1 Å². The quantitative estimate of drug-likeness (QED) is 0.739. The van der Waals surface area contributed by atoms with E-state index < -0.39 is 54.4 Å². The fraction of sp³-hybridized carbons (Fsp3) is 0.333. The molecule has 1 aliphatic heterocycles. The highest BCUT2D eigenvalue weighted by Gasteiger charge is 2.49. The minimum Gasteiger partial charge on any atom is -0.459 e. The van der Waals surface area contributed by atoms with E-state index in [1.165, 1.54) is 0 Å². The number of aromatic nitrogens is 2. The summed E-state index contributed by atoms with van der Waals surface area (Å²) in [5, 5.41) is 0. The molecule has 1 saturated heterocycles. The van der Waals surface area contributed by atoms with Gasteiger partial charge in [0.25, 0.3) is 5.56 Å². The first kappa shape index (κ1) is 19.5. The third-order valence-electron chi connectivity index (χ3n) is 4.08. The summed E-state index contributed by atoms with van der Waals surface area (Å²) in [5.74, 6) is -1.42. The Morgan fingerprint density at radius 2 is 1.93 bits per heavy atom. The highest BCUT2D eigenvalue weighted by molar-refractivity contribution is 5.89. The lowest BCUT2D eigenvalue weighted by molar-refractivity contribution is -0.152. The maximum Gasteiger partial charge on any atom is 0.338 e. The summed E-state index contributed by atoms with van der Waals surface area (Å²) in [7, 11) is 0. The first-order valence-corrected chi connectivity index (χ1v) is 8.37. The number of carbonyl (C=O) groups excluding carboxylic acids is 2. The smallest absolute Gasteiger partial charge is 0.338 e. The van der Waals surface area contributed by atoms with Gasteiger partial charge >= 0.3 is 17.6 Å². The number of nitrogens with zero attached hydrogens (tertiary/aromatic N) is 1. The van der Waals surface area contributed by atoms with Crippen LogP contribution in [0.2, 0.25) is 0 Å². The number of carbonyl (C=O) groups is 2. The van der Waals surface area contributed by atoms with Gasteiger partial charge < -0.3 is 14.2 Å². The van der Waals surface area contributed by atoms with Crippen molar-refractivity contribution >= 4 is 11.9 Å². The molecule has 4 atom stereocenters. The molecular formula is C18H17FN2O7. The number of aromatic amines is 1. The topological polar surface area (TPSA) is 117 Å². The van der Waals surface area contributed by atoms with Gasteiger partial charge in [0.15, 0.2) is 18.5 Å². The molecular weight excluding hydrogens is 375 g/mol. The standard InChI is InChI=1S/C18H17FN2O7/c1-10(22)27-15-12(9-26-17(24)11-5-3-2-4-6-11)28-16(14(15)19)21-8-7-13(23)20-18(21)25/h2-8,12,14-16H,9H2,1H3,(H,20,23,25)/t12-,14-,15-,16-/m1/s1. The van der Waals surface area contributed by atoms with Gasteiger partial charge in [0.2, 0.25) is 0 Å². The monoisotopic (exact) mass is 392 g/mol. The van der Waals surface area contributed by atoms with Gasteiger partial charge in [-0.25, -0.2) is 14.0 Å². The summed E-state index contributed by atoms with van der Waals surface area (Å²) in [6, 6.07) is 9.15. The van der Waals surface area contributed by atoms with Crippen molar-refractivity contribution < 1.29 is 28.2 Å². The van der Waals surface area contributed by atoms with Gasteiger partial charge in [0, 0.05) is 19.2 Å². The van der Waals surface area contributed by atoms with Crippen molar-refractivity contribution in [3.05, 3.63) is 69.0 Å². The van der Waals surface area contributed by atoms with E-state index in [1.807, 2.05) is 4.98 Å². The molecule has 10 heteroatoms. The van der Waals surface area contributed by atoms with Gasteiger partial charge in [-0.05, 0) is 12.1 Å². The molecule has 3 rings (SSSR count). The summed E-state index contributed by atoms with van der Waals surface area (Å²) in [6.07, 6.45) is -4.86. The van der Waals surface area contributed by atoms with E-state index in [0.29, 0.717) is 0 Å². The van der Waals surface area contributed by atoms with Gasteiger partial charge in [-0.15, -0.1) is 0 Å². The summed E-state index contributed by atoms with van der Waals surface area (Å²) in [5.41, 5.74) is -1.25. The molecule has 1 aromatic carbocycles. The molecule has 0 amide bonds. The van der Waals surface area contributed by atoms with E-state index in [4.69, 9.17) is 14.2 Å². The van der Waals surface area contributed by atoms with E-state index in [2.05, 4.69) is 0 Å². The van der Waals surface area contributed by atoms with E-state index in [9.17, 15) is 23.6 Å². The van der Waals surface area contributed by atoms with Gasteiger partial charge in [0.1, 0.15) is 12.7 Å². The maximum absolute atomic E-state index is 14.9. The SMILES string of the molecule is CC(=O)O[C@H]1[C@@H](F)[C@H](n2ccc(=O)[nH]c2=O)O[C@@H]1COC(=O)c1ccccc1. The Hall–Kier alpha value is -3.27. The molecule has 28 heavy (non-hydrogen) atoms. The zero-order valence-corrected chi connectivity index (χ0v) is 14.7. The highest BCUT2D eigenvalue weighted by atomic mass is 19.1. The first-order valence-electron chi connectivity index (χ1n) is 8.37. The molecule has 0 spiro atoms. The Morgan fingerprint density at radius 3 is 2.57 bits per heavy atom. The number of H-pyrrole nitrogens is 1. The summed E-state index contributed by atoms with van der Waals surface area (Å²) in [6.45, 7) is 0.694. The number of hydrogen-bond donors (Lipinski definition) is 1. The van der Waals surface area contributed by atoms with Gasteiger partial charge in [0.05, 0.1) is 5.56 Å². The van der Waals surface area contributed by atoms with Crippen molar-refractivity contribution in [1.82, 2.24) is 9.55 Å². The molecule has 1 aliphatic rings. The van der Waals surface area contributed by atoms with Crippen molar-refractivity contribution in [1.29, 1.82) is 0 Å². The molecule has 2 heterocycles. The lowest BCUT2D eigenvalue weighted by atomic mass is 10.1. The fourth-order valence-electron chi connectivity index (χ4n) is 2.83. The van der Waals surface area contributed by atoms with Crippen LogP contribution in [-0.2, 0) is 19.0 Å². The Labute approximate surface area is 157 Å². The Kier molecular flexibility index (Phi) is 5.69. The van der Waals surface area contributed by atoms with Crippen LogP contribution in [0, 0.1) is 0 Å². The average molecular weight is 392 g/mol. The molecule has 148 valence electrons. The third-order valence-corrected chi connectivity index (χ3v) is 4.08. The third kappa shape index (κ3) is 4.17. The Balaban J connectivity index is 1.78. The number of benzene rings is 1. The average Bonchev–Trinajstić information content (AvgIpc) is 2.96. The molecule has 0 bridgehead atoms. The molecule has 0 saturated carbocycles. The molecule has 0 radical (unpaired) electrons. The molecule has 9 nitrogen and oxygen atoms in total. The minimum absolute atomic E-state index is 0.287. The summed E-state index contributed by atoms with van der Waals surface area (Å²) < 4.78 is 31.3. The van der Waals surface area contributed by atoms with Crippen LogP contribution in [0.15, 0.2) is 52.2 Å². The predicted molar refractivity (Wildman–Crippen MR) is 92.4 cm³/mol. The van der Waals surface area contributed by atoms with Crippen LogP contribution in [0.4, 0.5) is 4.39 Å². The van der Waals surface area contributed by atoms with Crippen molar-refractivity contribution in [2.75, 3.05) is 6.61 Å². The Morgan fingerprint density at radius 1 is 1.21 bits per heavy atom. The van der Waals surface area contributed by atoms with Crippen LogP contribution in [0.25, 0.3) is 0 Å². The van der Waals surface area contributed by atoms with Crippen molar-refractivity contribution in [3.8, 4) is 0 Å². The normalized spacial score (nSPS) is 23.9. The number of halogens is 1. The fourth-order valence-corrected chi connectivity index (χ4v) is 2.83. The number of esters is 2. The summed E-state index contributed by atoms with van der Waals surface area (Å²) in [4.78, 5) is 48.5. The van der Waals surface area contributed by atoms with Crippen molar-refractivity contribution in [2.24, 2.45) is 0 Å². The van der Waals surface area contributed by atoms with Crippen LogP contribution in [0.3, 0.4) is 0 Å². The molecule has 0 aliphatic carbocycles. The van der Waals surface area contributed by atoms with Crippen molar-refractivity contribution in [3.63, 3.8) is 0 Å². The molecule has 1 N–H and O–H groups in total. The zero-order chi connectivity index (χ0) is 20.3. The number of alkyl halides is 1. The molecule has 0 unspecified atom stereocenters. The second-order valence-electron chi connectivity index (χ2n) is 6.07. The van der Waals surface area contributed by atoms with Gasteiger partial charge in [-0.2, -0.15) is 0 Å². The second-order valence-corrected chi connectivity index (χ2v) is 6.07. The van der Waals surface area contributed by atoms with E-state index in [0.717, 1.165) is 23.8 Å².